The van der Waals surface area contributed by atoms with E-state index in [-0.39, 0.29) is 17.9 Å². The Morgan fingerprint density at radius 3 is 2.40 bits per heavy atom. The maximum absolute atomic E-state index is 12.0. The van der Waals surface area contributed by atoms with Crippen LogP contribution in [-0.4, -0.2) is 27.5 Å². The fourth-order valence-corrected chi connectivity index (χ4v) is 2.76. The van der Waals surface area contributed by atoms with Crippen LogP contribution in [0.2, 0.25) is 0 Å². The van der Waals surface area contributed by atoms with Gasteiger partial charge in [-0.25, -0.2) is 13.1 Å². The Bertz CT molecular complexity index is 523. The third-order valence-electron chi connectivity index (χ3n) is 2.70. The van der Waals surface area contributed by atoms with Crippen LogP contribution < -0.4 is 4.72 Å². The van der Waals surface area contributed by atoms with Crippen LogP contribution in [0.15, 0.2) is 29.2 Å². The Morgan fingerprint density at radius 2 is 1.85 bits per heavy atom. The van der Waals surface area contributed by atoms with Crippen molar-refractivity contribution in [3.63, 3.8) is 0 Å². The summed E-state index contributed by atoms with van der Waals surface area (Å²) >= 11 is 0. The minimum atomic E-state index is -3.56. The lowest BCUT2D eigenvalue weighted by atomic mass is 10.1. The van der Waals surface area contributed by atoms with Crippen molar-refractivity contribution in [2.24, 2.45) is 0 Å². The lowest BCUT2D eigenvalue weighted by Gasteiger charge is -2.07. The van der Waals surface area contributed by atoms with Gasteiger partial charge in [0.15, 0.2) is 0 Å². The molecule has 0 fully saturated rings. The van der Waals surface area contributed by atoms with Crippen LogP contribution >= 0.6 is 0 Å². The standard InChI is InChI=1S/C14H21NO4S/c1-3-5-12-6-8-13(9-7-12)20(17,18)15-11-10-14(16)19-4-2/h6-9,15H,3-5,10-11H2,1-2H3. The SMILES string of the molecule is CCCc1ccc(S(=O)(=O)NCCC(=O)OCC)cc1. The van der Waals surface area contributed by atoms with Crippen molar-refractivity contribution in [3.05, 3.63) is 29.8 Å². The first-order valence-electron chi connectivity index (χ1n) is 6.73. The summed E-state index contributed by atoms with van der Waals surface area (Å²) in [6, 6.07) is 6.78. The molecule has 0 aromatic heterocycles. The second-order valence-electron chi connectivity index (χ2n) is 4.35. The number of hydrogen-bond donors (Lipinski definition) is 1. The lowest BCUT2D eigenvalue weighted by molar-refractivity contribution is -0.142. The van der Waals surface area contributed by atoms with Crippen LogP contribution in [0, 0.1) is 0 Å². The number of carbonyl (C=O) groups excluding carboxylic acids is 1. The van der Waals surface area contributed by atoms with Crippen molar-refractivity contribution in [1.82, 2.24) is 4.72 Å². The number of ether oxygens (including phenoxy) is 1. The van der Waals surface area contributed by atoms with Gasteiger partial charge in [-0.1, -0.05) is 25.5 Å². The molecule has 1 aromatic carbocycles. The summed E-state index contributed by atoms with van der Waals surface area (Å²) in [4.78, 5) is 11.3. The van der Waals surface area contributed by atoms with E-state index in [0.717, 1.165) is 18.4 Å². The second-order valence-corrected chi connectivity index (χ2v) is 6.11. The van der Waals surface area contributed by atoms with Gasteiger partial charge in [-0.3, -0.25) is 4.79 Å². The molecule has 0 radical (unpaired) electrons. The van der Waals surface area contributed by atoms with Gasteiger partial charge in [0.2, 0.25) is 10.0 Å². The summed E-state index contributed by atoms with van der Waals surface area (Å²) in [6.07, 6.45) is 1.97. The first-order chi connectivity index (χ1) is 9.49. The van der Waals surface area contributed by atoms with Crippen LogP contribution in [0.1, 0.15) is 32.3 Å². The van der Waals surface area contributed by atoms with E-state index in [1.54, 1.807) is 19.1 Å². The zero-order valence-electron chi connectivity index (χ0n) is 11.9. The fraction of sp³-hybridized carbons (Fsp3) is 0.500. The van der Waals surface area contributed by atoms with E-state index >= 15 is 0 Å². The zero-order valence-corrected chi connectivity index (χ0v) is 12.7. The molecule has 0 bridgehead atoms. The number of hydrogen-bond acceptors (Lipinski definition) is 4. The van der Waals surface area contributed by atoms with Gasteiger partial charge < -0.3 is 4.74 Å². The molecule has 1 rings (SSSR count). The summed E-state index contributed by atoms with van der Waals surface area (Å²) in [5, 5.41) is 0. The lowest BCUT2D eigenvalue weighted by Crippen LogP contribution is -2.26. The van der Waals surface area contributed by atoms with Crippen LogP contribution in [0.3, 0.4) is 0 Å². The van der Waals surface area contributed by atoms with E-state index in [4.69, 9.17) is 4.74 Å². The number of benzene rings is 1. The van der Waals surface area contributed by atoms with E-state index in [1.807, 2.05) is 12.1 Å². The number of aryl methyl sites for hydroxylation is 1. The quantitative estimate of drug-likeness (QED) is 0.744. The van der Waals surface area contributed by atoms with Gasteiger partial charge in [0.25, 0.3) is 0 Å². The molecule has 0 atom stereocenters. The van der Waals surface area contributed by atoms with Gasteiger partial charge in [-0.2, -0.15) is 0 Å². The third-order valence-corrected chi connectivity index (χ3v) is 4.18. The highest BCUT2D eigenvalue weighted by molar-refractivity contribution is 7.89. The molecule has 0 aliphatic rings. The van der Waals surface area contributed by atoms with Crippen molar-refractivity contribution in [2.75, 3.05) is 13.2 Å². The minimum absolute atomic E-state index is 0.0288. The summed E-state index contributed by atoms with van der Waals surface area (Å²) in [7, 11) is -3.56. The molecule has 0 saturated heterocycles. The molecule has 5 nitrogen and oxygen atoms in total. The largest absolute Gasteiger partial charge is 0.466 e. The van der Waals surface area contributed by atoms with Gasteiger partial charge >= 0.3 is 5.97 Å². The molecule has 0 heterocycles. The van der Waals surface area contributed by atoms with E-state index < -0.39 is 16.0 Å². The van der Waals surface area contributed by atoms with Crippen molar-refractivity contribution < 1.29 is 17.9 Å². The van der Waals surface area contributed by atoms with Crippen LogP contribution in [0.25, 0.3) is 0 Å². The minimum Gasteiger partial charge on any atom is -0.466 e. The first kappa shape index (κ1) is 16.7. The third kappa shape index (κ3) is 5.30. The number of rotatable bonds is 8. The van der Waals surface area contributed by atoms with Crippen molar-refractivity contribution >= 4 is 16.0 Å². The number of carbonyl (C=O) groups is 1. The molecule has 0 saturated carbocycles. The van der Waals surface area contributed by atoms with E-state index in [0.29, 0.717) is 6.61 Å². The molecule has 0 spiro atoms. The maximum Gasteiger partial charge on any atom is 0.307 e. The average molecular weight is 299 g/mol. The normalized spacial score (nSPS) is 11.3. The molecule has 0 amide bonds. The molecule has 0 unspecified atom stereocenters. The Balaban J connectivity index is 2.57. The van der Waals surface area contributed by atoms with Gasteiger partial charge in [0.05, 0.1) is 17.9 Å². The summed E-state index contributed by atoms with van der Waals surface area (Å²) in [5.74, 6) is -0.409. The summed E-state index contributed by atoms with van der Waals surface area (Å²) in [5.41, 5.74) is 1.11. The Labute approximate surface area is 120 Å². The molecule has 0 aliphatic carbocycles. The van der Waals surface area contributed by atoms with Crippen LogP contribution in [0.5, 0.6) is 0 Å². The smallest absolute Gasteiger partial charge is 0.307 e. The van der Waals surface area contributed by atoms with Crippen LogP contribution in [0.4, 0.5) is 0 Å². The molecular weight excluding hydrogens is 278 g/mol. The zero-order chi connectivity index (χ0) is 15.0. The summed E-state index contributed by atoms with van der Waals surface area (Å²) in [6.45, 7) is 4.11. The van der Waals surface area contributed by atoms with Crippen molar-refractivity contribution in [3.8, 4) is 0 Å². The summed E-state index contributed by atoms with van der Waals surface area (Å²) < 4.78 is 31.1. The molecule has 1 aromatic rings. The van der Waals surface area contributed by atoms with Gasteiger partial charge in [0, 0.05) is 6.54 Å². The van der Waals surface area contributed by atoms with Gasteiger partial charge in [0.1, 0.15) is 0 Å². The highest BCUT2D eigenvalue weighted by Crippen LogP contribution is 2.11. The Hall–Kier alpha value is -1.40. The van der Waals surface area contributed by atoms with E-state index in [1.165, 1.54) is 0 Å². The first-order valence-corrected chi connectivity index (χ1v) is 8.22. The Morgan fingerprint density at radius 1 is 1.20 bits per heavy atom. The van der Waals surface area contributed by atoms with Gasteiger partial charge in [-0.15, -0.1) is 0 Å². The molecule has 0 aliphatic heterocycles. The molecule has 112 valence electrons. The number of esters is 1. The fourth-order valence-electron chi connectivity index (χ4n) is 1.73. The molecule has 6 heteroatoms. The Kier molecular flexibility index (Phi) is 6.67. The molecule has 1 N–H and O–H groups in total. The number of sulfonamides is 1. The molecule has 20 heavy (non-hydrogen) atoms. The number of nitrogens with one attached hydrogen (secondary N) is 1. The monoisotopic (exact) mass is 299 g/mol. The molecular formula is C14H21NO4S. The van der Waals surface area contributed by atoms with Crippen molar-refractivity contribution in [2.45, 2.75) is 38.0 Å². The highest BCUT2D eigenvalue weighted by atomic mass is 32.2. The highest BCUT2D eigenvalue weighted by Gasteiger charge is 2.14. The second kappa shape index (κ2) is 8.01. The van der Waals surface area contributed by atoms with Crippen molar-refractivity contribution in [1.29, 1.82) is 0 Å². The topological polar surface area (TPSA) is 72.5 Å². The maximum atomic E-state index is 12.0. The predicted octanol–water partition coefficient (Wildman–Crippen LogP) is 1.87. The average Bonchev–Trinajstić information content (AvgIpc) is 2.40. The van der Waals surface area contributed by atoms with Gasteiger partial charge in [-0.05, 0) is 31.0 Å². The van der Waals surface area contributed by atoms with Crippen LogP contribution in [-0.2, 0) is 26.0 Å². The predicted molar refractivity (Wildman–Crippen MR) is 76.9 cm³/mol. The van der Waals surface area contributed by atoms with E-state index in [2.05, 4.69) is 11.6 Å². The van der Waals surface area contributed by atoms with E-state index in [9.17, 15) is 13.2 Å².